The maximum atomic E-state index is 6.72. The SMILES string of the molecule is c1ccc(C2(c3ccccc3)c3ccccc3-c3c(N(c4ccc5c(c4)oc4ccccc45)c4cccc5sc6cc7c(cc6c45)-c4ccccc4C74c5ccccc5Sc5ccccc54)cccc32)cc1. The van der Waals surface area contributed by atoms with Crippen LogP contribution in [0.15, 0.2) is 263 Å². The molecule has 11 aromatic carbocycles. The zero-order valence-electron chi connectivity index (χ0n) is 38.8. The van der Waals surface area contributed by atoms with Gasteiger partial charge >= 0.3 is 0 Å². The Hall–Kier alpha value is -8.41. The van der Waals surface area contributed by atoms with Crippen molar-refractivity contribution in [2.75, 3.05) is 4.90 Å². The zero-order valence-corrected chi connectivity index (χ0v) is 40.5. The molecule has 0 saturated carbocycles. The molecule has 2 aromatic heterocycles. The Morgan fingerprint density at radius 2 is 0.931 bits per heavy atom. The van der Waals surface area contributed by atoms with Gasteiger partial charge in [-0.05, 0) is 122 Å². The number of para-hydroxylation sites is 1. The summed E-state index contributed by atoms with van der Waals surface area (Å²) in [5.74, 6) is 0. The van der Waals surface area contributed by atoms with E-state index in [-0.39, 0.29) is 0 Å². The Morgan fingerprint density at radius 3 is 1.68 bits per heavy atom. The molecular formula is C68H41NOS2. The summed E-state index contributed by atoms with van der Waals surface area (Å²) in [4.78, 5) is 5.17. The molecule has 0 radical (unpaired) electrons. The second kappa shape index (κ2) is 15.1. The van der Waals surface area contributed by atoms with Crippen molar-refractivity contribution < 1.29 is 4.42 Å². The van der Waals surface area contributed by atoms with E-state index in [2.05, 4.69) is 254 Å². The smallest absolute Gasteiger partial charge is 0.137 e. The molecular weight excluding hydrogens is 911 g/mol. The average molecular weight is 952 g/mol. The molecule has 0 saturated heterocycles. The van der Waals surface area contributed by atoms with E-state index in [1.165, 1.54) is 96.7 Å². The van der Waals surface area contributed by atoms with E-state index < -0.39 is 10.8 Å². The van der Waals surface area contributed by atoms with Gasteiger partial charge in [-0.15, -0.1) is 11.3 Å². The van der Waals surface area contributed by atoms with E-state index in [1.807, 2.05) is 23.1 Å². The largest absolute Gasteiger partial charge is 0.456 e. The molecule has 0 fully saturated rings. The number of rotatable bonds is 5. The average Bonchev–Trinajstić information content (AvgIpc) is 4.17. The summed E-state index contributed by atoms with van der Waals surface area (Å²) in [5, 5.41) is 4.73. The number of hydrogen-bond donors (Lipinski definition) is 0. The maximum absolute atomic E-state index is 6.72. The fourth-order valence-corrected chi connectivity index (χ4v) is 15.6. The third-order valence-corrected chi connectivity index (χ3v) is 18.3. The van der Waals surface area contributed by atoms with Crippen molar-refractivity contribution in [3.63, 3.8) is 0 Å². The normalized spacial score (nSPS) is 14.3. The van der Waals surface area contributed by atoms with Gasteiger partial charge in [-0.25, -0.2) is 0 Å². The number of fused-ring (bicyclic) bond motifs is 18. The summed E-state index contributed by atoms with van der Waals surface area (Å²) in [6.45, 7) is 0. The van der Waals surface area contributed by atoms with Crippen LogP contribution in [-0.2, 0) is 10.8 Å². The van der Waals surface area contributed by atoms with Crippen molar-refractivity contribution in [3.8, 4) is 22.3 Å². The minimum Gasteiger partial charge on any atom is -0.456 e. The molecule has 0 unspecified atom stereocenters. The highest BCUT2D eigenvalue weighted by molar-refractivity contribution is 7.99. The van der Waals surface area contributed by atoms with E-state index in [4.69, 9.17) is 4.42 Å². The fourth-order valence-electron chi connectivity index (χ4n) is 13.3. The lowest BCUT2D eigenvalue weighted by Crippen LogP contribution is -2.31. The molecule has 16 rings (SSSR count). The molecule has 0 amide bonds. The fraction of sp³-hybridized carbons (Fsp3) is 0.0294. The summed E-state index contributed by atoms with van der Waals surface area (Å²) in [5.41, 5.74) is 19.5. The molecule has 13 aromatic rings. The number of nitrogens with zero attached hydrogens (tertiary/aromatic N) is 1. The Kier molecular flexibility index (Phi) is 8.43. The van der Waals surface area contributed by atoms with E-state index in [0.29, 0.717) is 0 Å². The van der Waals surface area contributed by atoms with Crippen LogP contribution in [0.1, 0.15) is 44.5 Å². The first-order chi connectivity index (χ1) is 35.7. The predicted octanol–water partition coefficient (Wildman–Crippen LogP) is 18.6. The van der Waals surface area contributed by atoms with Crippen molar-refractivity contribution in [2.45, 2.75) is 20.6 Å². The highest BCUT2D eigenvalue weighted by atomic mass is 32.2. The molecule has 3 heterocycles. The highest BCUT2D eigenvalue weighted by Gasteiger charge is 2.51. The summed E-state index contributed by atoms with van der Waals surface area (Å²) < 4.78 is 9.24. The zero-order chi connectivity index (χ0) is 47.1. The molecule has 0 N–H and O–H groups in total. The molecule has 2 nitrogen and oxygen atoms in total. The van der Waals surface area contributed by atoms with Crippen molar-refractivity contribution in [1.82, 2.24) is 0 Å². The van der Waals surface area contributed by atoms with Crippen LogP contribution in [0, 0.1) is 0 Å². The summed E-state index contributed by atoms with van der Waals surface area (Å²) >= 11 is 3.80. The minimum atomic E-state index is -0.557. The first-order valence-corrected chi connectivity index (χ1v) is 26.4. The quantitative estimate of drug-likeness (QED) is 0.171. The van der Waals surface area contributed by atoms with Gasteiger partial charge in [0.15, 0.2) is 0 Å². The van der Waals surface area contributed by atoms with Gasteiger partial charge in [0.1, 0.15) is 11.2 Å². The lowest BCUT2D eigenvalue weighted by Gasteiger charge is -2.39. The van der Waals surface area contributed by atoms with Crippen LogP contribution in [0.5, 0.6) is 0 Å². The number of benzene rings is 11. The van der Waals surface area contributed by atoms with E-state index in [1.54, 1.807) is 0 Å². The molecule has 1 spiro atoms. The third-order valence-electron chi connectivity index (χ3n) is 16.0. The van der Waals surface area contributed by atoms with Gasteiger partial charge in [0.2, 0.25) is 0 Å². The standard InChI is InChI=1S/C68H41NOS2/c1-3-19-42(20-4-1)67(43-21-5-2-6-22-43)52-27-11-8-25-48(52)65-55(67)30-17-31-57(65)69(44-37-38-47-46-24-9-14-33-59(46)70-60(47)39-44)58-32-18-36-63-66(58)50-40-49-45-23-7-10-26-51(45)68(56(49)41-64(50)72-63)53-28-12-15-34-61(53)71-62-35-16-13-29-54(62)68/h1-41H. The van der Waals surface area contributed by atoms with Crippen molar-refractivity contribution >= 4 is 82.3 Å². The van der Waals surface area contributed by atoms with E-state index in [0.717, 1.165) is 39.0 Å². The van der Waals surface area contributed by atoms with Crippen LogP contribution in [0.3, 0.4) is 0 Å². The number of thiophene rings is 1. The molecule has 2 aliphatic carbocycles. The molecule has 1 aliphatic heterocycles. The Bertz CT molecular complexity index is 4310. The lowest BCUT2D eigenvalue weighted by molar-refractivity contribution is 0.669. The van der Waals surface area contributed by atoms with Crippen LogP contribution >= 0.6 is 23.1 Å². The molecule has 4 heteroatoms. The van der Waals surface area contributed by atoms with Crippen LogP contribution in [-0.4, -0.2) is 0 Å². The Labute approximate surface area is 425 Å². The maximum Gasteiger partial charge on any atom is 0.137 e. The molecule has 336 valence electrons. The Morgan fingerprint density at radius 1 is 0.347 bits per heavy atom. The van der Waals surface area contributed by atoms with Crippen molar-refractivity contribution in [2.24, 2.45) is 0 Å². The second-order valence-electron chi connectivity index (χ2n) is 19.4. The monoisotopic (exact) mass is 951 g/mol. The molecule has 3 aliphatic rings. The van der Waals surface area contributed by atoms with Crippen LogP contribution in [0.25, 0.3) is 64.4 Å². The molecule has 72 heavy (non-hydrogen) atoms. The first kappa shape index (κ1) is 40.3. The Balaban J connectivity index is 1.00. The summed E-state index contributed by atoms with van der Waals surface area (Å²) in [6.07, 6.45) is 0. The predicted molar refractivity (Wildman–Crippen MR) is 300 cm³/mol. The highest BCUT2D eigenvalue weighted by Crippen LogP contribution is 2.64. The number of hydrogen-bond acceptors (Lipinski definition) is 4. The topological polar surface area (TPSA) is 16.4 Å². The lowest BCUT2D eigenvalue weighted by atomic mass is 9.67. The summed E-state index contributed by atoms with van der Waals surface area (Å²) in [7, 11) is 0. The van der Waals surface area contributed by atoms with Crippen LogP contribution in [0.2, 0.25) is 0 Å². The van der Waals surface area contributed by atoms with Gasteiger partial charge in [-0.2, -0.15) is 0 Å². The summed E-state index contributed by atoms with van der Waals surface area (Å²) in [6, 6.07) is 92.9. The van der Waals surface area contributed by atoms with E-state index >= 15 is 0 Å². The number of anilines is 3. The van der Waals surface area contributed by atoms with Gasteiger partial charge in [0.05, 0.1) is 22.2 Å². The van der Waals surface area contributed by atoms with Crippen LogP contribution in [0.4, 0.5) is 17.1 Å². The first-order valence-electron chi connectivity index (χ1n) is 24.7. The molecule has 0 bridgehead atoms. The van der Waals surface area contributed by atoms with Gasteiger partial charge in [-0.1, -0.05) is 194 Å². The van der Waals surface area contributed by atoms with E-state index in [9.17, 15) is 0 Å². The van der Waals surface area contributed by atoms with Gasteiger partial charge < -0.3 is 9.32 Å². The second-order valence-corrected chi connectivity index (χ2v) is 21.5. The minimum absolute atomic E-state index is 0.451. The van der Waals surface area contributed by atoms with Crippen molar-refractivity contribution in [3.05, 3.63) is 293 Å². The van der Waals surface area contributed by atoms with Crippen LogP contribution < -0.4 is 4.90 Å². The van der Waals surface area contributed by atoms with Gasteiger partial charge in [0.25, 0.3) is 0 Å². The van der Waals surface area contributed by atoms with Gasteiger partial charge in [-0.3, -0.25) is 0 Å². The van der Waals surface area contributed by atoms with Crippen molar-refractivity contribution in [1.29, 1.82) is 0 Å². The number of furan rings is 1. The molecule has 0 atom stereocenters. The van der Waals surface area contributed by atoms with Gasteiger partial charge in [0, 0.05) is 58.1 Å². The third kappa shape index (κ3) is 5.25.